The van der Waals surface area contributed by atoms with Crippen molar-refractivity contribution in [1.29, 1.82) is 5.26 Å². The van der Waals surface area contributed by atoms with Crippen molar-refractivity contribution >= 4 is 21.6 Å². The number of ether oxygens (including phenoxy) is 1. The van der Waals surface area contributed by atoms with Crippen LogP contribution in [0.25, 0.3) is 0 Å². The maximum atomic E-state index is 8.71. The molecule has 15 heavy (non-hydrogen) atoms. The Morgan fingerprint density at radius 1 is 1.60 bits per heavy atom. The van der Waals surface area contributed by atoms with Gasteiger partial charge in [0.05, 0.1) is 18.2 Å². The highest BCUT2D eigenvalue weighted by Crippen LogP contribution is 2.23. The first-order valence-electron chi connectivity index (χ1n) is 4.62. The van der Waals surface area contributed by atoms with Crippen molar-refractivity contribution in [3.05, 3.63) is 28.2 Å². The summed E-state index contributed by atoms with van der Waals surface area (Å²) in [5.74, 6) is 0. The average molecular weight is 269 g/mol. The minimum atomic E-state index is 0.235. The zero-order valence-corrected chi connectivity index (χ0v) is 10.3. The minimum Gasteiger partial charge on any atom is -0.383 e. The van der Waals surface area contributed by atoms with Gasteiger partial charge in [-0.05, 0) is 41.1 Å². The highest BCUT2D eigenvalue weighted by molar-refractivity contribution is 9.10. The first-order valence-corrected chi connectivity index (χ1v) is 5.41. The van der Waals surface area contributed by atoms with Gasteiger partial charge in [0.1, 0.15) is 0 Å². The molecule has 1 rings (SSSR count). The van der Waals surface area contributed by atoms with Crippen LogP contribution in [0.15, 0.2) is 22.7 Å². The number of nitrogens with one attached hydrogen (secondary N) is 1. The normalized spacial score (nSPS) is 11.9. The molecule has 0 radical (unpaired) electrons. The van der Waals surface area contributed by atoms with Crippen molar-refractivity contribution in [2.45, 2.75) is 13.0 Å². The Balaban J connectivity index is 2.74. The molecule has 3 nitrogen and oxygen atoms in total. The van der Waals surface area contributed by atoms with Crippen molar-refractivity contribution in [3.8, 4) is 6.07 Å². The van der Waals surface area contributed by atoms with E-state index in [0.29, 0.717) is 12.2 Å². The predicted octanol–water partition coefficient (Wildman–Crippen LogP) is 2.77. The molecular weight excluding hydrogens is 256 g/mol. The van der Waals surface area contributed by atoms with Crippen molar-refractivity contribution in [2.75, 3.05) is 19.0 Å². The first kappa shape index (κ1) is 12.0. The highest BCUT2D eigenvalue weighted by atomic mass is 79.9. The van der Waals surface area contributed by atoms with Crippen LogP contribution in [-0.2, 0) is 4.74 Å². The number of benzene rings is 1. The van der Waals surface area contributed by atoms with Gasteiger partial charge < -0.3 is 10.1 Å². The highest BCUT2D eigenvalue weighted by Gasteiger charge is 2.05. The molecular formula is C11H13BrN2O. The fourth-order valence-corrected chi connectivity index (χ4v) is 1.75. The number of halogens is 1. The van der Waals surface area contributed by atoms with Crippen LogP contribution < -0.4 is 5.32 Å². The molecule has 1 N–H and O–H groups in total. The van der Waals surface area contributed by atoms with E-state index in [1.54, 1.807) is 19.2 Å². The zero-order valence-electron chi connectivity index (χ0n) is 8.75. The molecule has 1 aromatic rings. The van der Waals surface area contributed by atoms with Crippen LogP contribution in [0.5, 0.6) is 0 Å². The molecule has 0 aliphatic carbocycles. The molecule has 1 unspecified atom stereocenters. The van der Waals surface area contributed by atoms with Gasteiger partial charge in [0.25, 0.3) is 0 Å². The number of nitrogens with zero attached hydrogens (tertiary/aromatic N) is 1. The van der Waals surface area contributed by atoms with Crippen molar-refractivity contribution in [1.82, 2.24) is 0 Å². The van der Waals surface area contributed by atoms with Crippen LogP contribution >= 0.6 is 15.9 Å². The molecule has 1 aromatic carbocycles. The van der Waals surface area contributed by atoms with E-state index >= 15 is 0 Å². The number of rotatable bonds is 4. The van der Waals surface area contributed by atoms with Gasteiger partial charge in [-0.1, -0.05) is 0 Å². The van der Waals surface area contributed by atoms with E-state index in [0.717, 1.165) is 10.2 Å². The minimum absolute atomic E-state index is 0.235. The van der Waals surface area contributed by atoms with Crippen molar-refractivity contribution in [2.24, 2.45) is 0 Å². The van der Waals surface area contributed by atoms with Gasteiger partial charge in [0.2, 0.25) is 0 Å². The SMILES string of the molecule is COCC(C)Nc1ccc(C#N)cc1Br. The topological polar surface area (TPSA) is 45.0 Å². The molecule has 0 amide bonds. The molecule has 0 aliphatic rings. The van der Waals surface area contributed by atoms with Crippen LogP contribution in [0, 0.1) is 11.3 Å². The summed E-state index contributed by atoms with van der Waals surface area (Å²) in [7, 11) is 1.67. The van der Waals surface area contributed by atoms with Gasteiger partial charge in [-0.15, -0.1) is 0 Å². The average Bonchev–Trinajstić information content (AvgIpc) is 2.21. The Bertz CT molecular complexity index is 373. The van der Waals surface area contributed by atoms with Gasteiger partial charge in [0.15, 0.2) is 0 Å². The van der Waals surface area contributed by atoms with E-state index in [4.69, 9.17) is 10.00 Å². The Morgan fingerprint density at radius 2 is 2.33 bits per heavy atom. The second-order valence-electron chi connectivity index (χ2n) is 3.31. The zero-order chi connectivity index (χ0) is 11.3. The van der Waals surface area contributed by atoms with Gasteiger partial charge >= 0.3 is 0 Å². The van der Waals surface area contributed by atoms with Crippen LogP contribution in [0.4, 0.5) is 5.69 Å². The fourth-order valence-electron chi connectivity index (χ4n) is 1.26. The summed E-state index contributed by atoms with van der Waals surface area (Å²) in [6, 6.07) is 7.79. The van der Waals surface area contributed by atoms with E-state index in [9.17, 15) is 0 Å². The van der Waals surface area contributed by atoms with Gasteiger partial charge in [0, 0.05) is 23.3 Å². The molecule has 0 aliphatic heterocycles. The van der Waals surface area contributed by atoms with Crippen LogP contribution in [-0.4, -0.2) is 19.8 Å². The van der Waals surface area contributed by atoms with Gasteiger partial charge in [-0.2, -0.15) is 5.26 Å². The van der Waals surface area contributed by atoms with E-state index in [1.165, 1.54) is 0 Å². The summed E-state index contributed by atoms with van der Waals surface area (Å²) >= 11 is 3.41. The third kappa shape index (κ3) is 3.54. The number of nitriles is 1. The Labute approximate surface area is 98.2 Å². The molecule has 0 spiro atoms. The maximum Gasteiger partial charge on any atom is 0.0992 e. The van der Waals surface area contributed by atoms with E-state index in [-0.39, 0.29) is 6.04 Å². The largest absolute Gasteiger partial charge is 0.383 e. The lowest BCUT2D eigenvalue weighted by molar-refractivity contribution is 0.190. The lowest BCUT2D eigenvalue weighted by atomic mass is 10.2. The van der Waals surface area contributed by atoms with Crippen molar-refractivity contribution in [3.63, 3.8) is 0 Å². The molecule has 1 atom stereocenters. The maximum absolute atomic E-state index is 8.71. The molecule has 0 aromatic heterocycles. The summed E-state index contributed by atoms with van der Waals surface area (Å²) in [5, 5.41) is 12.0. The number of anilines is 1. The van der Waals surface area contributed by atoms with Crippen LogP contribution in [0.2, 0.25) is 0 Å². The quantitative estimate of drug-likeness (QED) is 0.914. The third-order valence-electron chi connectivity index (χ3n) is 1.92. The lowest BCUT2D eigenvalue weighted by Crippen LogP contribution is -2.20. The number of hydrogen-bond acceptors (Lipinski definition) is 3. The molecule has 0 heterocycles. The summed E-state index contributed by atoms with van der Waals surface area (Å²) in [6.45, 7) is 2.68. The Kier molecular flexibility index (Phi) is 4.60. The third-order valence-corrected chi connectivity index (χ3v) is 2.57. The van der Waals surface area contributed by atoms with E-state index in [2.05, 4.69) is 27.3 Å². The molecule has 4 heteroatoms. The van der Waals surface area contributed by atoms with Gasteiger partial charge in [-0.25, -0.2) is 0 Å². The number of hydrogen-bond donors (Lipinski definition) is 1. The lowest BCUT2D eigenvalue weighted by Gasteiger charge is -2.15. The van der Waals surface area contributed by atoms with E-state index in [1.807, 2.05) is 13.0 Å². The smallest absolute Gasteiger partial charge is 0.0992 e. The standard InChI is InChI=1S/C11H13BrN2O/c1-8(7-15-2)14-11-4-3-9(6-13)5-10(11)12/h3-5,8,14H,7H2,1-2H3. The molecule has 80 valence electrons. The first-order chi connectivity index (χ1) is 7.17. The molecule has 0 bridgehead atoms. The summed E-state index contributed by atoms with van der Waals surface area (Å²) in [6.07, 6.45) is 0. The predicted molar refractivity (Wildman–Crippen MR) is 63.8 cm³/mol. The molecule has 0 saturated carbocycles. The summed E-state index contributed by atoms with van der Waals surface area (Å²) in [4.78, 5) is 0. The second-order valence-corrected chi connectivity index (χ2v) is 4.16. The van der Waals surface area contributed by atoms with Crippen molar-refractivity contribution < 1.29 is 4.74 Å². The monoisotopic (exact) mass is 268 g/mol. The van der Waals surface area contributed by atoms with Crippen LogP contribution in [0.1, 0.15) is 12.5 Å². The molecule has 0 fully saturated rings. The number of methoxy groups -OCH3 is 1. The summed E-state index contributed by atoms with van der Waals surface area (Å²) in [5.41, 5.74) is 1.62. The van der Waals surface area contributed by atoms with E-state index < -0.39 is 0 Å². The van der Waals surface area contributed by atoms with Gasteiger partial charge in [-0.3, -0.25) is 0 Å². The Hall–Kier alpha value is -1.05. The summed E-state index contributed by atoms with van der Waals surface area (Å²) < 4.78 is 5.92. The molecule has 0 saturated heterocycles. The Morgan fingerprint density at radius 3 is 2.87 bits per heavy atom. The van der Waals surface area contributed by atoms with Crippen LogP contribution in [0.3, 0.4) is 0 Å². The fraction of sp³-hybridized carbons (Fsp3) is 0.364. The second kappa shape index (κ2) is 5.74.